The van der Waals surface area contributed by atoms with Gasteiger partial charge in [-0.1, -0.05) is 70.5 Å². The lowest BCUT2D eigenvalue weighted by Crippen LogP contribution is -2.24. The van der Waals surface area contributed by atoms with Crippen LogP contribution < -0.4 is 0 Å². The fourth-order valence-electron chi connectivity index (χ4n) is 3.85. The topological polar surface area (TPSA) is 0 Å². The summed E-state index contributed by atoms with van der Waals surface area (Å²) in [5, 5.41) is 2.80. The third-order valence-electron chi connectivity index (χ3n) is 5.65. The molecule has 2 aromatic carbocycles. The number of rotatable bonds is 2. The van der Waals surface area contributed by atoms with Gasteiger partial charge < -0.3 is 0 Å². The van der Waals surface area contributed by atoms with Crippen molar-refractivity contribution in [1.82, 2.24) is 0 Å². The molecule has 0 aliphatic heterocycles. The Morgan fingerprint density at radius 2 is 1.65 bits per heavy atom. The molecule has 0 fully saturated rings. The molecule has 0 N–H and O–H groups in total. The second-order valence-electron chi connectivity index (χ2n) is 6.82. The van der Waals surface area contributed by atoms with E-state index in [1.54, 1.807) is 11.1 Å². The van der Waals surface area contributed by atoms with Crippen molar-refractivity contribution in [1.29, 1.82) is 0 Å². The predicted octanol–water partition coefficient (Wildman–Crippen LogP) is 6.11. The minimum atomic E-state index is 0.690. The van der Waals surface area contributed by atoms with E-state index >= 15 is 0 Å². The van der Waals surface area contributed by atoms with Crippen molar-refractivity contribution in [3.05, 3.63) is 47.5 Å². The smallest absolute Gasteiger partial charge is 0.0131 e. The number of hydrogen-bond donors (Lipinski definition) is 0. The Bertz CT molecular complexity index is 610. The number of benzene rings is 2. The maximum absolute atomic E-state index is 2.48. The van der Waals surface area contributed by atoms with Crippen LogP contribution in [0.1, 0.15) is 63.5 Å². The minimum absolute atomic E-state index is 0.690. The summed E-state index contributed by atoms with van der Waals surface area (Å²) >= 11 is 0. The largest absolute Gasteiger partial charge is 0.0651 e. The van der Waals surface area contributed by atoms with E-state index in [1.165, 1.54) is 23.6 Å². The van der Waals surface area contributed by atoms with Crippen LogP contribution in [-0.4, -0.2) is 0 Å². The lowest BCUT2D eigenvalue weighted by molar-refractivity contribution is 0.311. The van der Waals surface area contributed by atoms with Gasteiger partial charge in [0.15, 0.2) is 0 Å². The van der Waals surface area contributed by atoms with Gasteiger partial charge in [-0.2, -0.15) is 0 Å². The third-order valence-corrected chi connectivity index (χ3v) is 5.65. The molecule has 2 aromatic rings. The first kappa shape index (κ1) is 13.7. The maximum Gasteiger partial charge on any atom is -0.0131 e. The zero-order valence-corrected chi connectivity index (χ0v) is 13.2. The fourth-order valence-corrected chi connectivity index (χ4v) is 3.85. The van der Waals surface area contributed by atoms with Crippen LogP contribution in [0.5, 0.6) is 0 Å². The van der Waals surface area contributed by atoms with E-state index in [1.807, 2.05) is 0 Å². The summed E-state index contributed by atoms with van der Waals surface area (Å²) in [4.78, 5) is 0. The standard InChI is InChI=1S/C20H26/c1-5-13(2)18-10-14(3)15(4)19-11-16-8-6-7-9-17(16)12-20(18)19/h6-9,11-15,18H,5,10H2,1-4H3. The van der Waals surface area contributed by atoms with Crippen molar-refractivity contribution in [2.45, 2.75) is 52.4 Å². The fraction of sp³-hybridized carbons (Fsp3) is 0.500. The van der Waals surface area contributed by atoms with E-state index in [9.17, 15) is 0 Å². The van der Waals surface area contributed by atoms with Gasteiger partial charge in [0.1, 0.15) is 0 Å². The van der Waals surface area contributed by atoms with Crippen LogP contribution in [-0.2, 0) is 0 Å². The van der Waals surface area contributed by atoms with Gasteiger partial charge >= 0.3 is 0 Å². The van der Waals surface area contributed by atoms with Crippen LogP contribution in [0.2, 0.25) is 0 Å². The third kappa shape index (κ3) is 2.16. The van der Waals surface area contributed by atoms with E-state index in [0.717, 1.165) is 17.8 Å². The summed E-state index contributed by atoms with van der Waals surface area (Å²) in [6.45, 7) is 9.59. The Labute approximate surface area is 123 Å². The Kier molecular flexibility index (Phi) is 3.58. The molecule has 0 nitrogen and oxygen atoms in total. The molecular weight excluding hydrogens is 240 g/mol. The van der Waals surface area contributed by atoms with E-state index in [4.69, 9.17) is 0 Å². The molecule has 4 atom stereocenters. The summed E-state index contributed by atoms with van der Waals surface area (Å²) in [6.07, 6.45) is 2.62. The summed E-state index contributed by atoms with van der Waals surface area (Å²) in [5.41, 5.74) is 3.23. The molecular formula is C20H26. The van der Waals surface area contributed by atoms with Gasteiger partial charge in [0.25, 0.3) is 0 Å². The van der Waals surface area contributed by atoms with Crippen LogP contribution in [0.25, 0.3) is 10.8 Å². The molecule has 106 valence electrons. The van der Waals surface area contributed by atoms with Crippen molar-refractivity contribution in [2.75, 3.05) is 0 Å². The molecule has 1 aliphatic rings. The van der Waals surface area contributed by atoms with Gasteiger partial charge in [0, 0.05) is 0 Å². The lowest BCUT2D eigenvalue weighted by atomic mass is 9.67. The highest BCUT2D eigenvalue weighted by molar-refractivity contribution is 5.84. The quantitative estimate of drug-likeness (QED) is 0.615. The van der Waals surface area contributed by atoms with Crippen molar-refractivity contribution >= 4 is 10.8 Å². The van der Waals surface area contributed by atoms with Gasteiger partial charge in [-0.25, -0.2) is 0 Å². The molecule has 0 aromatic heterocycles. The Hall–Kier alpha value is -1.30. The van der Waals surface area contributed by atoms with E-state index in [2.05, 4.69) is 64.1 Å². The van der Waals surface area contributed by atoms with Gasteiger partial charge in [-0.3, -0.25) is 0 Å². The monoisotopic (exact) mass is 266 g/mol. The van der Waals surface area contributed by atoms with Crippen molar-refractivity contribution in [3.63, 3.8) is 0 Å². The summed E-state index contributed by atoms with van der Waals surface area (Å²) < 4.78 is 0. The predicted molar refractivity (Wildman–Crippen MR) is 88.3 cm³/mol. The van der Waals surface area contributed by atoms with E-state index in [-0.39, 0.29) is 0 Å². The number of fused-ring (bicyclic) bond motifs is 2. The summed E-state index contributed by atoms with van der Waals surface area (Å²) in [5.74, 6) is 3.01. The molecule has 0 amide bonds. The number of hydrogen-bond acceptors (Lipinski definition) is 0. The molecule has 0 saturated heterocycles. The molecule has 4 unspecified atom stereocenters. The van der Waals surface area contributed by atoms with Crippen LogP contribution >= 0.6 is 0 Å². The molecule has 0 bridgehead atoms. The minimum Gasteiger partial charge on any atom is -0.0651 e. The zero-order chi connectivity index (χ0) is 14.3. The molecule has 0 spiro atoms. The van der Waals surface area contributed by atoms with Crippen LogP contribution in [0.15, 0.2) is 36.4 Å². The first-order valence-electron chi connectivity index (χ1n) is 8.14. The molecule has 3 rings (SSSR count). The zero-order valence-electron chi connectivity index (χ0n) is 13.2. The Morgan fingerprint density at radius 3 is 2.25 bits per heavy atom. The second-order valence-corrected chi connectivity index (χ2v) is 6.82. The highest BCUT2D eigenvalue weighted by Gasteiger charge is 2.32. The van der Waals surface area contributed by atoms with Crippen LogP contribution in [0.3, 0.4) is 0 Å². The molecule has 0 heterocycles. The molecule has 0 radical (unpaired) electrons. The highest BCUT2D eigenvalue weighted by Crippen LogP contribution is 2.47. The first-order chi connectivity index (χ1) is 9.61. The maximum atomic E-state index is 2.48. The van der Waals surface area contributed by atoms with Crippen LogP contribution in [0.4, 0.5) is 0 Å². The van der Waals surface area contributed by atoms with Gasteiger partial charge in [-0.15, -0.1) is 0 Å². The Balaban J connectivity index is 2.19. The second kappa shape index (κ2) is 5.24. The summed E-state index contributed by atoms with van der Waals surface area (Å²) in [6, 6.07) is 13.7. The molecule has 1 aliphatic carbocycles. The average molecular weight is 266 g/mol. The van der Waals surface area contributed by atoms with Crippen molar-refractivity contribution in [3.8, 4) is 0 Å². The van der Waals surface area contributed by atoms with Crippen LogP contribution in [0, 0.1) is 11.8 Å². The molecule has 0 saturated carbocycles. The van der Waals surface area contributed by atoms with Crippen molar-refractivity contribution in [2.24, 2.45) is 11.8 Å². The van der Waals surface area contributed by atoms with E-state index in [0.29, 0.717) is 5.92 Å². The van der Waals surface area contributed by atoms with Gasteiger partial charge in [0.2, 0.25) is 0 Å². The summed E-state index contributed by atoms with van der Waals surface area (Å²) in [7, 11) is 0. The Morgan fingerprint density at radius 1 is 1.05 bits per heavy atom. The lowest BCUT2D eigenvalue weighted by Gasteiger charge is -2.38. The van der Waals surface area contributed by atoms with Gasteiger partial charge in [-0.05, 0) is 52.0 Å². The first-order valence-corrected chi connectivity index (χ1v) is 8.14. The normalized spacial score (nSPS) is 27.3. The molecule has 0 heteroatoms. The van der Waals surface area contributed by atoms with Crippen molar-refractivity contribution < 1.29 is 0 Å². The van der Waals surface area contributed by atoms with E-state index < -0.39 is 0 Å². The average Bonchev–Trinajstić information content (AvgIpc) is 2.48. The highest BCUT2D eigenvalue weighted by atomic mass is 14.4. The molecule has 20 heavy (non-hydrogen) atoms. The SMILES string of the molecule is CCC(C)C1CC(C)C(C)c2cc3ccccc3cc21. The van der Waals surface area contributed by atoms with Gasteiger partial charge in [0.05, 0.1) is 0 Å².